The van der Waals surface area contributed by atoms with E-state index >= 15 is 0 Å². The summed E-state index contributed by atoms with van der Waals surface area (Å²) in [6.07, 6.45) is 3.73. The summed E-state index contributed by atoms with van der Waals surface area (Å²) in [7, 11) is 1.29. The van der Waals surface area contributed by atoms with Crippen LogP contribution < -0.4 is 4.90 Å². The lowest BCUT2D eigenvalue weighted by molar-refractivity contribution is -0.120. The molecule has 0 saturated heterocycles. The van der Waals surface area contributed by atoms with E-state index in [9.17, 15) is 18.8 Å². The Balaban J connectivity index is 1.72. The number of alkyl halides is 1. The first-order valence-electron chi connectivity index (χ1n) is 9.56. The molecule has 0 bridgehead atoms. The van der Waals surface area contributed by atoms with Gasteiger partial charge in [-0.3, -0.25) is 9.59 Å². The maximum atomic E-state index is 13.8. The van der Waals surface area contributed by atoms with Gasteiger partial charge in [0.1, 0.15) is 18.6 Å². The Labute approximate surface area is 170 Å². The topological polar surface area (TPSA) is 85.8 Å². The third-order valence-corrected chi connectivity index (χ3v) is 5.70. The van der Waals surface area contributed by atoms with Gasteiger partial charge in [0.2, 0.25) is 0 Å². The number of methoxy groups -OCH3 is 1. The second-order valence-electron chi connectivity index (χ2n) is 7.28. The zero-order valence-corrected chi connectivity index (χ0v) is 16.1. The van der Waals surface area contributed by atoms with Crippen LogP contribution in [0.3, 0.4) is 0 Å². The van der Waals surface area contributed by atoms with Gasteiger partial charge in [0.25, 0.3) is 11.8 Å². The minimum Gasteiger partial charge on any atom is -0.465 e. The Bertz CT molecular complexity index is 1200. The van der Waals surface area contributed by atoms with E-state index < -0.39 is 30.6 Å². The largest absolute Gasteiger partial charge is 0.465 e. The number of carbonyl (C=O) groups is 3. The number of amides is 2. The molecule has 0 fully saturated rings. The standard InChI is InChI=1S/C22H17FN2O5/c1-29-22(28)11-6-7-16-14(8-11)15-10-30-17(9-23)18(15)19(24-16)25-20(26)12-4-2-3-5-13(12)21(25)27/h2,4,6-8,17H,3,5,9-10H2,1H3. The third kappa shape index (κ3) is 2.53. The van der Waals surface area contributed by atoms with Crippen LogP contribution in [0.4, 0.5) is 10.2 Å². The predicted octanol–water partition coefficient (Wildman–Crippen LogP) is 3.08. The van der Waals surface area contributed by atoms with Gasteiger partial charge < -0.3 is 9.47 Å². The van der Waals surface area contributed by atoms with Crippen molar-refractivity contribution < 1.29 is 28.2 Å². The molecule has 3 aliphatic rings. The summed E-state index contributed by atoms with van der Waals surface area (Å²) in [5.74, 6) is -1.30. The normalized spacial score (nSPS) is 20.2. The van der Waals surface area contributed by atoms with E-state index in [4.69, 9.17) is 9.47 Å². The fourth-order valence-electron chi connectivity index (χ4n) is 4.25. The molecular formula is C22H17FN2O5. The number of anilines is 1. The highest BCUT2D eigenvalue weighted by Crippen LogP contribution is 2.43. The average Bonchev–Trinajstić information content (AvgIpc) is 3.32. The highest BCUT2D eigenvalue weighted by Gasteiger charge is 2.43. The summed E-state index contributed by atoms with van der Waals surface area (Å²) >= 11 is 0. The summed E-state index contributed by atoms with van der Waals surface area (Å²) in [5.41, 5.74) is 2.59. The molecule has 2 aromatic rings. The first kappa shape index (κ1) is 18.6. The molecular weight excluding hydrogens is 391 g/mol. The zero-order chi connectivity index (χ0) is 21.0. The maximum absolute atomic E-state index is 13.8. The van der Waals surface area contributed by atoms with Gasteiger partial charge in [0.05, 0.1) is 24.8 Å². The van der Waals surface area contributed by atoms with E-state index in [0.717, 1.165) is 4.90 Å². The number of carbonyl (C=O) groups excluding carboxylic acids is 3. The molecule has 1 atom stereocenters. The van der Waals surface area contributed by atoms with Gasteiger partial charge in [-0.25, -0.2) is 19.1 Å². The van der Waals surface area contributed by atoms with Gasteiger partial charge in [-0.15, -0.1) is 0 Å². The summed E-state index contributed by atoms with van der Waals surface area (Å²) < 4.78 is 24.1. The van der Waals surface area contributed by atoms with Crippen molar-refractivity contribution in [3.8, 4) is 0 Å². The van der Waals surface area contributed by atoms with Crippen molar-refractivity contribution in [3.05, 3.63) is 58.2 Å². The Hall–Kier alpha value is -3.39. The number of fused-ring (bicyclic) bond motifs is 3. The molecule has 0 saturated carbocycles. The van der Waals surface area contributed by atoms with E-state index in [-0.39, 0.29) is 12.4 Å². The summed E-state index contributed by atoms with van der Waals surface area (Å²) in [6.45, 7) is -0.739. The van der Waals surface area contributed by atoms with Crippen molar-refractivity contribution in [2.45, 2.75) is 25.6 Å². The number of allylic oxidation sites excluding steroid dienone is 1. The van der Waals surface area contributed by atoms with Crippen LogP contribution in [0.2, 0.25) is 0 Å². The van der Waals surface area contributed by atoms with Gasteiger partial charge in [0.15, 0.2) is 0 Å². The minimum atomic E-state index is -0.942. The lowest BCUT2D eigenvalue weighted by atomic mass is 9.99. The van der Waals surface area contributed by atoms with Crippen LogP contribution in [-0.2, 0) is 25.7 Å². The molecule has 0 spiro atoms. The zero-order valence-electron chi connectivity index (χ0n) is 16.1. The molecule has 5 rings (SSSR count). The molecule has 1 aromatic heterocycles. The highest BCUT2D eigenvalue weighted by atomic mass is 19.1. The Morgan fingerprint density at radius 3 is 2.90 bits per heavy atom. The molecule has 2 aliphatic heterocycles. The second kappa shape index (κ2) is 6.84. The number of rotatable bonds is 3. The SMILES string of the molecule is COC(=O)c1ccc2nc(N3C(=O)C4=C(CCC=C4)C3=O)c3c(c2c1)COC3CF. The molecule has 152 valence electrons. The number of benzene rings is 1. The van der Waals surface area contributed by atoms with Crippen LogP contribution in [0, 0.1) is 0 Å². The van der Waals surface area contributed by atoms with E-state index in [2.05, 4.69) is 4.98 Å². The molecule has 1 aliphatic carbocycles. The Morgan fingerprint density at radius 1 is 1.33 bits per heavy atom. The number of halogens is 1. The highest BCUT2D eigenvalue weighted by molar-refractivity contribution is 6.34. The van der Waals surface area contributed by atoms with Gasteiger partial charge in [-0.1, -0.05) is 12.2 Å². The van der Waals surface area contributed by atoms with Crippen LogP contribution in [-0.4, -0.2) is 36.6 Å². The molecule has 1 aromatic carbocycles. The summed E-state index contributed by atoms with van der Waals surface area (Å²) in [4.78, 5) is 43.6. The van der Waals surface area contributed by atoms with Crippen molar-refractivity contribution in [1.82, 2.24) is 4.98 Å². The minimum absolute atomic E-state index is 0.0871. The smallest absolute Gasteiger partial charge is 0.337 e. The first-order chi connectivity index (χ1) is 14.5. The Kier molecular flexibility index (Phi) is 4.25. The van der Waals surface area contributed by atoms with Crippen LogP contribution in [0.1, 0.15) is 40.4 Å². The average molecular weight is 408 g/mol. The molecule has 0 N–H and O–H groups in total. The van der Waals surface area contributed by atoms with Gasteiger partial charge in [-0.05, 0) is 36.6 Å². The van der Waals surface area contributed by atoms with Crippen molar-refractivity contribution in [2.75, 3.05) is 18.7 Å². The van der Waals surface area contributed by atoms with E-state index in [0.29, 0.717) is 51.6 Å². The van der Waals surface area contributed by atoms with E-state index in [1.54, 1.807) is 24.3 Å². The maximum Gasteiger partial charge on any atom is 0.337 e. The molecule has 7 nitrogen and oxygen atoms in total. The van der Waals surface area contributed by atoms with E-state index in [1.807, 2.05) is 6.08 Å². The van der Waals surface area contributed by atoms with Crippen molar-refractivity contribution in [2.24, 2.45) is 0 Å². The molecule has 1 unspecified atom stereocenters. The van der Waals surface area contributed by atoms with E-state index in [1.165, 1.54) is 7.11 Å². The van der Waals surface area contributed by atoms with Crippen molar-refractivity contribution in [3.63, 3.8) is 0 Å². The second-order valence-corrected chi connectivity index (χ2v) is 7.28. The first-order valence-corrected chi connectivity index (χ1v) is 9.56. The Morgan fingerprint density at radius 2 is 2.17 bits per heavy atom. The number of ether oxygens (including phenoxy) is 2. The fourth-order valence-corrected chi connectivity index (χ4v) is 4.25. The van der Waals surface area contributed by atoms with Crippen LogP contribution in [0.15, 0.2) is 41.5 Å². The van der Waals surface area contributed by atoms with Gasteiger partial charge in [0, 0.05) is 22.1 Å². The summed E-state index contributed by atoms with van der Waals surface area (Å²) in [6, 6.07) is 4.78. The number of nitrogens with zero attached hydrogens (tertiary/aromatic N) is 2. The fraction of sp³-hybridized carbons (Fsp3) is 0.273. The molecule has 8 heteroatoms. The molecule has 0 radical (unpaired) electrons. The number of hydrogen-bond donors (Lipinski definition) is 0. The quantitative estimate of drug-likeness (QED) is 0.573. The van der Waals surface area contributed by atoms with Crippen LogP contribution in [0.25, 0.3) is 10.9 Å². The number of aromatic nitrogens is 1. The molecule has 30 heavy (non-hydrogen) atoms. The van der Waals surface area contributed by atoms with Crippen LogP contribution in [0.5, 0.6) is 0 Å². The third-order valence-electron chi connectivity index (χ3n) is 5.70. The number of pyridine rings is 1. The molecule has 3 heterocycles. The lowest BCUT2D eigenvalue weighted by Gasteiger charge is -2.20. The van der Waals surface area contributed by atoms with Crippen LogP contribution >= 0.6 is 0 Å². The van der Waals surface area contributed by atoms with Gasteiger partial charge in [-0.2, -0.15) is 0 Å². The predicted molar refractivity (Wildman–Crippen MR) is 104 cm³/mol. The van der Waals surface area contributed by atoms with Gasteiger partial charge >= 0.3 is 5.97 Å². The number of imide groups is 1. The summed E-state index contributed by atoms with van der Waals surface area (Å²) in [5, 5.41) is 0.601. The number of hydrogen-bond acceptors (Lipinski definition) is 6. The lowest BCUT2D eigenvalue weighted by Crippen LogP contribution is -2.33. The van der Waals surface area contributed by atoms with Crippen molar-refractivity contribution >= 4 is 34.5 Å². The monoisotopic (exact) mass is 408 g/mol. The number of esters is 1. The molecule has 2 amide bonds. The van der Waals surface area contributed by atoms with Crippen molar-refractivity contribution in [1.29, 1.82) is 0 Å².